The first kappa shape index (κ1) is 12.1. The Labute approximate surface area is 105 Å². The number of hydrogen-bond acceptors (Lipinski definition) is 3. The van der Waals surface area contributed by atoms with E-state index in [1.807, 2.05) is 17.8 Å². The van der Waals surface area contributed by atoms with Crippen molar-refractivity contribution in [3.8, 4) is 5.75 Å². The largest absolute Gasteiger partial charge is 0.496 e. The molecule has 0 aromatic heterocycles. The topological polar surface area (TPSA) is 29.5 Å². The molecular formula is C12H15ClO2S. The fraction of sp³-hybridized carbons (Fsp3) is 0.500. The van der Waals surface area contributed by atoms with Crippen LogP contribution in [0.15, 0.2) is 12.1 Å². The normalized spacial score (nSPS) is 24.8. The van der Waals surface area contributed by atoms with E-state index in [0.717, 1.165) is 29.1 Å². The van der Waals surface area contributed by atoms with Gasteiger partial charge in [-0.05, 0) is 18.6 Å². The second-order valence-electron chi connectivity index (χ2n) is 4.01. The first-order valence-corrected chi connectivity index (χ1v) is 6.71. The van der Waals surface area contributed by atoms with Gasteiger partial charge < -0.3 is 9.84 Å². The van der Waals surface area contributed by atoms with Gasteiger partial charge in [0.15, 0.2) is 0 Å². The maximum atomic E-state index is 10.2. The summed E-state index contributed by atoms with van der Waals surface area (Å²) in [5.74, 6) is 1.66. The Hall–Kier alpha value is -0.380. The van der Waals surface area contributed by atoms with Gasteiger partial charge in [-0.2, -0.15) is 11.8 Å². The third-order valence-electron chi connectivity index (χ3n) is 2.88. The van der Waals surface area contributed by atoms with Crippen molar-refractivity contribution in [3.05, 3.63) is 28.3 Å². The van der Waals surface area contributed by atoms with E-state index >= 15 is 0 Å². The monoisotopic (exact) mass is 258 g/mol. The SMILES string of the molecule is COc1ccc(Cl)c2c1CSC(C)C[C@@H]2O. The zero-order valence-electron chi connectivity index (χ0n) is 9.37. The van der Waals surface area contributed by atoms with Crippen molar-refractivity contribution in [2.75, 3.05) is 7.11 Å². The molecule has 2 rings (SSSR count). The molecule has 1 aliphatic rings. The number of methoxy groups -OCH3 is 1. The van der Waals surface area contributed by atoms with E-state index in [2.05, 4.69) is 6.92 Å². The lowest BCUT2D eigenvalue weighted by Crippen LogP contribution is -2.05. The molecule has 1 aromatic rings. The van der Waals surface area contributed by atoms with Gasteiger partial charge in [0.2, 0.25) is 0 Å². The molecule has 1 N–H and O–H groups in total. The molecule has 1 aliphatic heterocycles. The van der Waals surface area contributed by atoms with Gasteiger partial charge in [0.1, 0.15) is 5.75 Å². The van der Waals surface area contributed by atoms with E-state index in [1.165, 1.54) is 0 Å². The number of rotatable bonds is 1. The zero-order valence-corrected chi connectivity index (χ0v) is 10.9. The van der Waals surface area contributed by atoms with Crippen LogP contribution >= 0.6 is 23.4 Å². The summed E-state index contributed by atoms with van der Waals surface area (Å²) in [5.41, 5.74) is 1.88. The van der Waals surface area contributed by atoms with Gasteiger partial charge >= 0.3 is 0 Å². The summed E-state index contributed by atoms with van der Waals surface area (Å²) in [6, 6.07) is 3.66. The van der Waals surface area contributed by atoms with Gasteiger partial charge in [-0.1, -0.05) is 18.5 Å². The minimum Gasteiger partial charge on any atom is -0.496 e. The van der Waals surface area contributed by atoms with Crippen LogP contribution in [0.4, 0.5) is 0 Å². The first-order chi connectivity index (χ1) is 7.63. The van der Waals surface area contributed by atoms with Crippen LogP contribution in [-0.2, 0) is 5.75 Å². The fourth-order valence-corrected chi connectivity index (χ4v) is 3.41. The molecule has 1 heterocycles. The highest BCUT2D eigenvalue weighted by molar-refractivity contribution is 7.99. The summed E-state index contributed by atoms with van der Waals surface area (Å²) < 4.78 is 5.32. The predicted molar refractivity (Wildman–Crippen MR) is 68.3 cm³/mol. The Morgan fingerprint density at radius 1 is 1.50 bits per heavy atom. The van der Waals surface area contributed by atoms with E-state index in [9.17, 15) is 5.11 Å². The van der Waals surface area contributed by atoms with Gasteiger partial charge in [0, 0.05) is 27.2 Å². The highest BCUT2D eigenvalue weighted by atomic mass is 35.5. The van der Waals surface area contributed by atoms with Crippen LogP contribution in [0.3, 0.4) is 0 Å². The Kier molecular flexibility index (Phi) is 3.67. The molecule has 0 spiro atoms. The number of benzene rings is 1. The van der Waals surface area contributed by atoms with Crippen LogP contribution < -0.4 is 4.74 Å². The Morgan fingerprint density at radius 3 is 2.94 bits per heavy atom. The number of hydrogen-bond donors (Lipinski definition) is 1. The minimum atomic E-state index is -0.484. The molecule has 88 valence electrons. The van der Waals surface area contributed by atoms with Crippen LogP contribution in [0.25, 0.3) is 0 Å². The molecule has 16 heavy (non-hydrogen) atoms. The van der Waals surface area contributed by atoms with Crippen LogP contribution in [0, 0.1) is 0 Å². The summed E-state index contributed by atoms with van der Waals surface area (Å²) in [6.45, 7) is 2.13. The van der Waals surface area contributed by atoms with E-state index in [0.29, 0.717) is 10.3 Å². The smallest absolute Gasteiger partial charge is 0.123 e. The highest BCUT2D eigenvalue weighted by Crippen LogP contribution is 2.42. The second kappa shape index (κ2) is 4.86. The van der Waals surface area contributed by atoms with Crippen molar-refractivity contribution < 1.29 is 9.84 Å². The number of aliphatic hydroxyl groups is 1. The lowest BCUT2D eigenvalue weighted by Gasteiger charge is -2.16. The van der Waals surface area contributed by atoms with E-state index in [-0.39, 0.29) is 0 Å². The van der Waals surface area contributed by atoms with Gasteiger partial charge in [-0.3, -0.25) is 0 Å². The summed E-state index contributed by atoms with van der Waals surface area (Å²) in [5, 5.41) is 11.2. The molecule has 2 nitrogen and oxygen atoms in total. The molecule has 2 atom stereocenters. The Morgan fingerprint density at radius 2 is 2.25 bits per heavy atom. The molecule has 0 saturated heterocycles. The molecule has 4 heteroatoms. The number of ether oxygens (including phenoxy) is 1. The maximum absolute atomic E-state index is 10.2. The first-order valence-electron chi connectivity index (χ1n) is 5.28. The molecule has 0 bridgehead atoms. The van der Waals surface area contributed by atoms with Crippen molar-refractivity contribution in [1.82, 2.24) is 0 Å². The minimum absolute atomic E-state index is 0.433. The zero-order chi connectivity index (χ0) is 11.7. The lowest BCUT2D eigenvalue weighted by molar-refractivity contribution is 0.168. The van der Waals surface area contributed by atoms with Gasteiger partial charge in [0.25, 0.3) is 0 Å². The Balaban J connectivity index is 2.52. The number of fused-ring (bicyclic) bond motifs is 1. The third-order valence-corrected chi connectivity index (χ3v) is 4.43. The van der Waals surface area contributed by atoms with E-state index < -0.39 is 6.10 Å². The molecular weight excluding hydrogens is 244 g/mol. The standard InChI is InChI=1S/C12H15ClO2S/c1-7-5-10(14)12-8(6-16-7)11(15-2)4-3-9(12)13/h3-4,7,10,14H,5-6H2,1-2H3/t7?,10-/m0/s1. The number of halogens is 1. The van der Waals surface area contributed by atoms with Gasteiger partial charge in [0.05, 0.1) is 13.2 Å². The fourth-order valence-electron chi connectivity index (χ4n) is 2.04. The molecule has 1 unspecified atom stereocenters. The van der Waals surface area contributed by atoms with Crippen LogP contribution in [0.2, 0.25) is 5.02 Å². The van der Waals surface area contributed by atoms with E-state index in [4.69, 9.17) is 16.3 Å². The maximum Gasteiger partial charge on any atom is 0.123 e. The summed E-state index contributed by atoms with van der Waals surface area (Å²) in [7, 11) is 1.65. The summed E-state index contributed by atoms with van der Waals surface area (Å²) >= 11 is 7.99. The van der Waals surface area contributed by atoms with Gasteiger partial charge in [-0.15, -0.1) is 0 Å². The van der Waals surface area contributed by atoms with Crippen molar-refractivity contribution in [2.24, 2.45) is 0 Å². The Bertz CT molecular complexity index is 395. The van der Waals surface area contributed by atoms with Crippen molar-refractivity contribution in [1.29, 1.82) is 0 Å². The summed E-state index contributed by atoms with van der Waals surface area (Å²) in [4.78, 5) is 0. The number of aliphatic hydroxyl groups excluding tert-OH is 1. The molecule has 0 fully saturated rings. The predicted octanol–water partition coefficient (Wildman–Crippen LogP) is 3.41. The molecule has 0 amide bonds. The highest BCUT2D eigenvalue weighted by Gasteiger charge is 2.25. The molecule has 0 radical (unpaired) electrons. The molecule has 1 aromatic carbocycles. The van der Waals surface area contributed by atoms with Crippen LogP contribution in [-0.4, -0.2) is 17.5 Å². The lowest BCUT2D eigenvalue weighted by atomic mass is 9.99. The van der Waals surface area contributed by atoms with E-state index in [1.54, 1.807) is 13.2 Å². The quantitative estimate of drug-likeness (QED) is 0.837. The average Bonchev–Trinajstić information content (AvgIpc) is 2.39. The molecule has 0 saturated carbocycles. The van der Waals surface area contributed by atoms with Crippen molar-refractivity contribution in [3.63, 3.8) is 0 Å². The van der Waals surface area contributed by atoms with Crippen molar-refractivity contribution >= 4 is 23.4 Å². The third kappa shape index (κ3) is 2.17. The number of thioether (sulfide) groups is 1. The van der Waals surface area contributed by atoms with Crippen LogP contribution in [0.5, 0.6) is 5.75 Å². The molecule has 0 aliphatic carbocycles. The van der Waals surface area contributed by atoms with Crippen LogP contribution in [0.1, 0.15) is 30.6 Å². The second-order valence-corrected chi connectivity index (χ2v) is 5.85. The average molecular weight is 259 g/mol. The van der Waals surface area contributed by atoms with Crippen molar-refractivity contribution in [2.45, 2.75) is 30.5 Å². The summed E-state index contributed by atoms with van der Waals surface area (Å²) in [6.07, 6.45) is 0.257. The van der Waals surface area contributed by atoms with Gasteiger partial charge in [-0.25, -0.2) is 0 Å².